The van der Waals surface area contributed by atoms with Crippen molar-refractivity contribution >= 4 is 28.5 Å². The number of aromatic nitrogens is 1. The van der Waals surface area contributed by atoms with Gasteiger partial charge >= 0.3 is 0 Å². The molecule has 54 heavy (non-hydrogen) atoms. The molecule has 3 N–H and O–H groups in total. The lowest BCUT2D eigenvalue weighted by atomic mass is 9.89. The minimum Gasteiger partial charge on any atom is -0.468 e. The van der Waals surface area contributed by atoms with Gasteiger partial charge in [-0.3, -0.25) is 19.4 Å². The highest BCUT2D eigenvalue weighted by molar-refractivity contribution is 5.90. The van der Waals surface area contributed by atoms with Gasteiger partial charge in [-0.05, 0) is 61.1 Å². The average Bonchev–Trinajstić information content (AvgIpc) is 3.81. The summed E-state index contributed by atoms with van der Waals surface area (Å²) in [5.41, 5.74) is 1.80. The molecule has 3 amide bonds. The molecule has 0 aliphatic carbocycles. The molecular weight excluding hydrogens is 686 g/mol. The van der Waals surface area contributed by atoms with Crippen LogP contribution < -0.4 is 16.0 Å². The minimum atomic E-state index is -0.747. The number of benzene rings is 1. The second-order valence-electron chi connectivity index (χ2n) is 15.7. The third-order valence-corrected chi connectivity index (χ3v) is 11.6. The summed E-state index contributed by atoms with van der Waals surface area (Å²) in [4.78, 5) is 61.5. The van der Waals surface area contributed by atoms with Crippen molar-refractivity contribution in [3.63, 3.8) is 0 Å². The number of hydrogen-bond donors (Lipinski definition) is 3. The molecule has 2 aliphatic heterocycles. The number of carbonyl (C=O) groups is 3. The Morgan fingerprint density at radius 2 is 1.80 bits per heavy atom. The van der Waals surface area contributed by atoms with Crippen LogP contribution in [0.4, 0.5) is 0 Å². The number of amides is 3. The monoisotopic (exact) mass is 749 g/mol. The summed E-state index contributed by atoms with van der Waals surface area (Å²) in [5.74, 6) is -1.11. The van der Waals surface area contributed by atoms with E-state index in [1.807, 2.05) is 52.9 Å². The first-order valence-electron chi connectivity index (χ1n) is 19.7. The van der Waals surface area contributed by atoms with Gasteiger partial charge < -0.3 is 35.2 Å². The first-order chi connectivity index (χ1) is 25.8. The van der Waals surface area contributed by atoms with Crippen molar-refractivity contribution in [1.82, 2.24) is 30.7 Å². The molecule has 8 atom stereocenters. The van der Waals surface area contributed by atoms with Gasteiger partial charge in [0, 0.05) is 56.6 Å². The summed E-state index contributed by atoms with van der Waals surface area (Å²) in [7, 11) is 5.12. The predicted molar refractivity (Wildman–Crippen MR) is 211 cm³/mol. The van der Waals surface area contributed by atoms with Crippen LogP contribution in [0.15, 0.2) is 53.4 Å². The van der Waals surface area contributed by atoms with Gasteiger partial charge in [-0.1, -0.05) is 73.1 Å². The number of pyridine rings is 1. The Morgan fingerprint density at radius 1 is 1.07 bits per heavy atom. The lowest BCUT2D eigenvalue weighted by Gasteiger charge is -2.39. The molecule has 0 radical (unpaired) electrons. The SMILES string of the molecule is CC[C@H](C)C([C@H]1CC(N2CCC[C@H]2[C@H](OC)[C@@H](C)C(=O)NCCc2cccc3ccncc23)=C(N=O)O1)N(C)C(=O)[C@@H](NC(=O)[C@@H](NC)C(C)C)C(C)C. The first kappa shape index (κ1) is 42.6. The second kappa shape index (κ2) is 19.5. The molecule has 1 fully saturated rings. The Balaban J connectivity index is 1.48. The van der Waals surface area contributed by atoms with Crippen LogP contribution in [0, 0.1) is 28.6 Å². The average molecular weight is 750 g/mol. The molecule has 1 saturated heterocycles. The van der Waals surface area contributed by atoms with Crippen molar-refractivity contribution in [3.05, 3.63) is 58.7 Å². The molecule has 0 spiro atoms. The number of hydrogen-bond acceptors (Lipinski definition) is 10. The van der Waals surface area contributed by atoms with Crippen LogP contribution in [-0.2, 0) is 30.3 Å². The van der Waals surface area contributed by atoms with E-state index in [0.29, 0.717) is 31.6 Å². The van der Waals surface area contributed by atoms with Crippen LogP contribution in [0.3, 0.4) is 0 Å². The van der Waals surface area contributed by atoms with E-state index < -0.39 is 36.3 Å². The zero-order valence-electron chi connectivity index (χ0n) is 33.9. The van der Waals surface area contributed by atoms with Crippen molar-refractivity contribution < 1.29 is 23.9 Å². The summed E-state index contributed by atoms with van der Waals surface area (Å²) in [6.45, 7) is 14.9. The van der Waals surface area contributed by atoms with E-state index >= 15 is 0 Å². The molecule has 0 saturated carbocycles. The number of methoxy groups -OCH3 is 1. The fourth-order valence-electron chi connectivity index (χ4n) is 8.35. The van der Waals surface area contributed by atoms with Crippen molar-refractivity contribution in [2.45, 2.75) is 117 Å². The highest BCUT2D eigenvalue weighted by Crippen LogP contribution is 2.39. The quantitative estimate of drug-likeness (QED) is 0.169. The molecule has 1 aromatic carbocycles. The highest BCUT2D eigenvalue weighted by atomic mass is 16.5. The third-order valence-electron chi connectivity index (χ3n) is 11.6. The fraction of sp³-hybridized carbons (Fsp3) is 0.659. The van der Waals surface area contributed by atoms with E-state index in [-0.39, 0.29) is 47.4 Å². The van der Waals surface area contributed by atoms with Gasteiger partial charge in [0.2, 0.25) is 17.7 Å². The Bertz CT molecular complexity index is 1630. The van der Waals surface area contributed by atoms with Crippen molar-refractivity contribution in [2.75, 3.05) is 34.3 Å². The molecule has 0 bridgehead atoms. The maximum absolute atomic E-state index is 14.2. The van der Waals surface area contributed by atoms with E-state index in [9.17, 15) is 19.3 Å². The molecule has 3 heterocycles. The van der Waals surface area contributed by atoms with E-state index in [1.54, 1.807) is 32.3 Å². The number of nitrogens with zero attached hydrogens (tertiary/aromatic N) is 4. The van der Waals surface area contributed by atoms with Crippen molar-refractivity contribution in [3.8, 4) is 0 Å². The van der Waals surface area contributed by atoms with Crippen LogP contribution in [-0.4, -0.2) is 103 Å². The topological polar surface area (TPSA) is 155 Å². The first-order valence-corrected chi connectivity index (χ1v) is 19.7. The lowest BCUT2D eigenvalue weighted by Crippen LogP contribution is -2.59. The largest absolute Gasteiger partial charge is 0.468 e. The maximum atomic E-state index is 14.2. The number of fused-ring (bicyclic) bond motifs is 1. The Morgan fingerprint density at radius 3 is 2.43 bits per heavy atom. The zero-order valence-corrected chi connectivity index (χ0v) is 33.9. The van der Waals surface area contributed by atoms with Gasteiger partial charge in [0.1, 0.15) is 12.1 Å². The predicted octanol–water partition coefficient (Wildman–Crippen LogP) is 4.99. The highest BCUT2D eigenvalue weighted by Gasteiger charge is 2.46. The smallest absolute Gasteiger partial charge is 0.275 e. The lowest BCUT2D eigenvalue weighted by molar-refractivity contribution is -0.142. The number of nitrogens with one attached hydrogen (secondary N) is 3. The van der Waals surface area contributed by atoms with Gasteiger partial charge in [0.25, 0.3) is 5.88 Å². The Kier molecular flexibility index (Phi) is 15.4. The van der Waals surface area contributed by atoms with E-state index in [2.05, 4.69) is 57.0 Å². The maximum Gasteiger partial charge on any atom is 0.275 e. The molecular formula is C41H63N7O6. The van der Waals surface area contributed by atoms with Crippen LogP contribution in [0.1, 0.15) is 79.7 Å². The van der Waals surface area contributed by atoms with Crippen LogP contribution >= 0.6 is 0 Å². The van der Waals surface area contributed by atoms with Crippen LogP contribution in [0.2, 0.25) is 0 Å². The van der Waals surface area contributed by atoms with Crippen LogP contribution in [0.5, 0.6) is 0 Å². The number of rotatable bonds is 19. The molecule has 1 aromatic heterocycles. The van der Waals surface area contributed by atoms with Gasteiger partial charge in [0.15, 0.2) is 0 Å². The molecule has 13 nitrogen and oxygen atoms in total. The molecule has 1 unspecified atom stereocenters. The summed E-state index contributed by atoms with van der Waals surface area (Å²) >= 11 is 0. The molecule has 4 rings (SSSR count). The summed E-state index contributed by atoms with van der Waals surface area (Å²) in [6, 6.07) is 6.34. The standard InChI is InChI=1S/C41H63N7O6/c1-11-26(6)36(47(9)41(51)35(25(4)5)45-39(50)34(42-8)24(2)3)33-22-32(40(46-52)54-33)48-21-13-16-31(48)37(53-10)27(7)38(49)44-20-18-29-15-12-14-28-17-19-43-23-30(28)29/h12,14-15,17,19,23-27,31,33-37,42H,11,13,16,18,20-22H2,1-10H3,(H,44,49)(H,45,50)/t26-,27+,31-,33+,34-,35-,36?,37+/m0/s1. The third kappa shape index (κ3) is 9.57. The molecule has 2 aliphatic rings. The number of likely N-dealkylation sites (tertiary alicyclic amines) is 1. The number of nitroso groups, excluding NO2 is 1. The molecule has 2 aromatic rings. The van der Waals surface area contributed by atoms with E-state index in [0.717, 1.165) is 35.6 Å². The number of likely N-dealkylation sites (N-methyl/N-ethyl adjacent to an activating group) is 2. The number of carbonyl (C=O) groups excluding carboxylic acids is 3. The van der Waals surface area contributed by atoms with Gasteiger partial charge in [-0.25, -0.2) is 0 Å². The second-order valence-corrected chi connectivity index (χ2v) is 15.7. The van der Waals surface area contributed by atoms with E-state index in [4.69, 9.17) is 9.47 Å². The summed E-state index contributed by atoms with van der Waals surface area (Å²) < 4.78 is 12.4. The summed E-state index contributed by atoms with van der Waals surface area (Å²) in [6.07, 6.45) is 6.06. The van der Waals surface area contributed by atoms with Crippen molar-refractivity contribution in [1.29, 1.82) is 0 Å². The normalized spacial score (nSPS) is 20.7. The summed E-state index contributed by atoms with van der Waals surface area (Å²) in [5, 5.41) is 14.7. The van der Waals surface area contributed by atoms with Gasteiger partial charge in [-0.15, -0.1) is 4.91 Å². The Hall–Kier alpha value is -4.10. The molecule has 298 valence electrons. The minimum absolute atomic E-state index is 0.00962. The van der Waals surface area contributed by atoms with Crippen LogP contribution in [0.25, 0.3) is 10.8 Å². The molecule has 13 heteroatoms. The van der Waals surface area contributed by atoms with E-state index in [1.165, 1.54) is 0 Å². The zero-order chi connectivity index (χ0) is 39.7. The van der Waals surface area contributed by atoms with Gasteiger partial charge in [-0.2, -0.15) is 0 Å². The van der Waals surface area contributed by atoms with Gasteiger partial charge in [0.05, 0.1) is 35.8 Å². The Labute approximate surface area is 321 Å². The van der Waals surface area contributed by atoms with Crippen molar-refractivity contribution in [2.24, 2.45) is 28.8 Å². The number of ether oxygens (including phenoxy) is 2. The fourth-order valence-corrected chi connectivity index (χ4v) is 8.35.